The van der Waals surface area contributed by atoms with Crippen molar-refractivity contribution >= 4 is 5.91 Å². The number of nitrogens with one attached hydrogen (secondary N) is 1. The van der Waals surface area contributed by atoms with E-state index in [0.29, 0.717) is 5.69 Å². The number of benzene rings is 1. The van der Waals surface area contributed by atoms with E-state index in [1.54, 1.807) is 0 Å². The highest BCUT2D eigenvalue weighted by atomic mass is 16.2. The SMILES string of the molecule is Cn1cccc1C(=O)NC(CN1CCCC1)c1ccccc1. The molecule has 116 valence electrons. The van der Waals surface area contributed by atoms with E-state index >= 15 is 0 Å². The van der Waals surface area contributed by atoms with Gasteiger partial charge in [0.15, 0.2) is 0 Å². The Bertz CT molecular complexity index is 614. The van der Waals surface area contributed by atoms with Crippen LogP contribution in [0.4, 0.5) is 0 Å². The number of aromatic nitrogens is 1. The van der Waals surface area contributed by atoms with E-state index in [1.165, 1.54) is 12.8 Å². The number of carbonyl (C=O) groups excluding carboxylic acids is 1. The standard InChI is InChI=1S/C18H23N3O/c1-20-11-7-10-17(20)18(22)19-16(14-21-12-5-6-13-21)15-8-3-2-4-9-15/h2-4,7-11,16H,5-6,12-14H2,1H3,(H,19,22). The summed E-state index contributed by atoms with van der Waals surface area (Å²) < 4.78 is 1.85. The molecular weight excluding hydrogens is 274 g/mol. The molecule has 0 aliphatic carbocycles. The van der Waals surface area contributed by atoms with Crippen molar-refractivity contribution in [2.75, 3.05) is 19.6 Å². The average molecular weight is 297 g/mol. The van der Waals surface area contributed by atoms with Crippen LogP contribution in [0.25, 0.3) is 0 Å². The Hall–Kier alpha value is -2.07. The number of rotatable bonds is 5. The first-order chi connectivity index (χ1) is 10.7. The first-order valence-corrected chi connectivity index (χ1v) is 7.93. The highest BCUT2D eigenvalue weighted by Crippen LogP contribution is 2.18. The number of hydrogen-bond acceptors (Lipinski definition) is 2. The number of aryl methyl sites for hydroxylation is 1. The highest BCUT2D eigenvalue weighted by Gasteiger charge is 2.21. The van der Waals surface area contributed by atoms with Crippen molar-refractivity contribution in [2.24, 2.45) is 7.05 Å². The van der Waals surface area contributed by atoms with Crippen LogP contribution >= 0.6 is 0 Å². The molecule has 1 aliphatic rings. The summed E-state index contributed by atoms with van der Waals surface area (Å²) in [7, 11) is 1.90. The van der Waals surface area contributed by atoms with Crippen LogP contribution in [0.1, 0.15) is 34.9 Å². The minimum absolute atomic E-state index is 0.0134. The molecular formula is C18H23N3O. The first-order valence-electron chi connectivity index (χ1n) is 7.93. The Labute approximate surface area is 131 Å². The lowest BCUT2D eigenvalue weighted by Gasteiger charge is -2.25. The lowest BCUT2D eigenvalue weighted by Crippen LogP contribution is -2.37. The second-order valence-corrected chi connectivity index (χ2v) is 5.95. The zero-order valence-corrected chi connectivity index (χ0v) is 13.0. The van der Waals surface area contributed by atoms with Gasteiger partial charge >= 0.3 is 0 Å². The van der Waals surface area contributed by atoms with Crippen LogP contribution < -0.4 is 5.32 Å². The number of likely N-dealkylation sites (tertiary alicyclic amines) is 1. The molecule has 4 heteroatoms. The Morgan fingerprint density at radius 3 is 2.50 bits per heavy atom. The van der Waals surface area contributed by atoms with Crippen molar-refractivity contribution in [1.82, 2.24) is 14.8 Å². The molecule has 4 nitrogen and oxygen atoms in total. The van der Waals surface area contributed by atoms with Crippen molar-refractivity contribution in [2.45, 2.75) is 18.9 Å². The smallest absolute Gasteiger partial charge is 0.268 e. The Balaban J connectivity index is 1.76. The van der Waals surface area contributed by atoms with Crippen LogP contribution in [0.2, 0.25) is 0 Å². The quantitative estimate of drug-likeness (QED) is 0.921. The average Bonchev–Trinajstić information content (AvgIpc) is 3.19. The Morgan fingerprint density at radius 1 is 1.14 bits per heavy atom. The normalized spacial score (nSPS) is 16.6. The number of nitrogens with zero attached hydrogens (tertiary/aromatic N) is 2. The summed E-state index contributed by atoms with van der Waals surface area (Å²) in [6.45, 7) is 3.13. The van der Waals surface area contributed by atoms with E-state index in [2.05, 4.69) is 22.3 Å². The van der Waals surface area contributed by atoms with Gasteiger partial charge in [-0.05, 0) is 43.6 Å². The van der Waals surface area contributed by atoms with Crippen molar-refractivity contribution in [3.63, 3.8) is 0 Å². The van der Waals surface area contributed by atoms with E-state index in [1.807, 2.05) is 48.1 Å². The molecule has 2 aromatic rings. The summed E-state index contributed by atoms with van der Waals surface area (Å²) in [5, 5.41) is 3.20. The van der Waals surface area contributed by atoms with Crippen molar-refractivity contribution in [3.05, 3.63) is 59.9 Å². The molecule has 3 rings (SSSR count). The maximum atomic E-state index is 12.5. The third kappa shape index (κ3) is 3.39. The van der Waals surface area contributed by atoms with Crippen LogP contribution in [0.3, 0.4) is 0 Å². The number of amides is 1. The molecule has 1 aliphatic heterocycles. The van der Waals surface area contributed by atoms with Gasteiger partial charge in [0.2, 0.25) is 0 Å². The summed E-state index contributed by atoms with van der Waals surface area (Å²) in [5.41, 5.74) is 1.86. The summed E-state index contributed by atoms with van der Waals surface area (Å²) in [4.78, 5) is 15.0. The molecule has 22 heavy (non-hydrogen) atoms. The van der Waals surface area contributed by atoms with Gasteiger partial charge < -0.3 is 14.8 Å². The zero-order chi connectivity index (χ0) is 15.4. The highest BCUT2D eigenvalue weighted by molar-refractivity contribution is 5.93. The summed E-state index contributed by atoms with van der Waals surface area (Å²) in [6, 6.07) is 14.0. The van der Waals surface area contributed by atoms with E-state index < -0.39 is 0 Å². The maximum absolute atomic E-state index is 12.5. The third-order valence-electron chi connectivity index (χ3n) is 4.32. The van der Waals surface area contributed by atoms with Gasteiger partial charge in [0.25, 0.3) is 5.91 Å². The lowest BCUT2D eigenvalue weighted by atomic mass is 10.1. The maximum Gasteiger partial charge on any atom is 0.268 e. The fraction of sp³-hybridized carbons (Fsp3) is 0.389. The monoisotopic (exact) mass is 297 g/mol. The molecule has 0 radical (unpaired) electrons. The minimum Gasteiger partial charge on any atom is -0.347 e. The van der Waals surface area contributed by atoms with Crippen LogP contribution in [-0.2, 0) is 7.05 Å². The molecule has 1 saturated heterocycles. The van der Waals surface area contributed by atoms with Gasteiger partial charge in [-0.25, -0.2) is 0 Å². The lowest BCUT2D eigenvalue weighted by molar-refractivity contribution is 0.0919. The zero-order valence-electron chi connectivity index (χ0n) is 13.0. The topological polar surface area (TPSA) is 37.3 Å². The molecule has 0 saturated carbocycles. The Kier molecular flexibility index (Phi) is 4.59. The number of hydrogen-bond donors (Lipinski definition) is 1. The molecule has 0 bridgehead atoms. The van der Waals surface area contributed by atoms with Gasteiger partial charge in [0.1, 0.15) is 5.69 Å². The first kappa shape index (κ1) is 14.9. The largest absolute Gasteiger partial charge is 0.347 e. The molecule has 2 heterocycles. The Morgan fingerprint density at radius 2 is 1.86 bits per heavy atom. The molecule has 1 N–H and O–H groups in total. The van der Waals surface area contributed by atoms with Gasteiger partial charge in [-0.3, -0.25) is 4.79 Å². The molecule has 1 atom stereocenters. The van der Waals surface area contributed by atoms with Gasteiger partial charge in [-0.2, -0.15) is 0 Å². The van der Waals surface area contributed by atoms with Crippen molar-refractivity contribution in [1.29, 1.82) is 0 Å². The fourth-order valence-corrected chi connectivity index (χ4v) is 3.07. The van der Waals surface area contributed by atoms with Crippen molar-refractivity contribution in [3.8, 4) is 0 Å². The van der Waals surface area contributed by atoms with Crippen molar-refractivity contribution < 1.29 is 4.79 Å². The predicted molar refractivity (Wildman–Crippen MR) is 87.7 cm³/mol. The molecule has 1 unspecified atom stereocenters. The van der Waals surface area contributed by atoms with Gasteiger partial charge in [0.05, 0.1) is 6.04 Å². The van der Waals surface area contributed by atoms with Gasteiger partial charge in [0, 0.05) is 19.8 Å². The summed E-state index contributed by atoms with van der Waals surface area (Å²) >= 11 is 0. The predicted octanol–water partition coefficient (Wildman–Crippen LogP) is 2.59. The minimum atomic E-state index is -0.0134. The van der Waals surface area contributed by atoms with Gasteiger partial charge in [-0.15, -0.1) is 0 Å². The van der Waals surface area contributed by atoms with Crippen LogP contribution in [0, 0.1) is 0 Å². The molecule has 0 spiro atoms. The van der Waals surface area contributed by atoms with E-state index in [4.69, 9.17) is 0 Å². The second kappa shape index (κ2) is 6.79. The molecule has 1 aromatic heterocycles. The number of carbonyl (C=O) groups is 1. The van der Waals surface area contributed by atoms with Crippen LogP contribution in [0.15, 0.2) is 48.7 Å². The van der Waals surface area contributed by atoms with E-state index in [0.717, 1.165) is 25.2 Å². The van der Waals surface area contributed by atoms with E-state index in [-0.39, 0.29) is 11.9 Å². The third-order valence-corrected chi connectivity index (χ3v) is 4.32. The summed E-state index contributed by atoms with van der Waals surface area (Å²) in [5.74, 6) is -0.0134. The summed E-state index contributed by atoms with van der Waals surface area (Å²) in [6.07, 6.45) is 4.41. The molecule has 1 amide bonds. The van der Waals surface area contributed by atoms with Gasteiger partial charge in [-0.1, -0.05) is 30.3 Å². The van der Waals surface area contributed by atoms with E-state index in [9.17, 15) is 4.79 Å². The molecule has 1 aromatic carbocycles. The fourth-order valence-electron chi connectivity index (χ4n) is 3.07. The van der Waals surface area contributed by atoms with Crippen LogP contribution in [-0.4, -0.2) is 35.0 Å². The van der Waals surface area contributed by atoms with Crippen LogP contribution in [0.5, 0.6) is 0 Å². The molecule has 1 fully saturated rings. The second-order valence-electron chi connectivity index (χ2n) is 5.95.